The number of dihydropyridines is 1. The summed E-state index contributed by atoms with van der Waals surface area (Å²) in [7, 11) is 0. The molecule has 1 amide bonds. The summed E-state index contributed by atoms with van der Waals surface area (Å²) in [4.78, 5) is 21.0. The molecule has 3 aromatic rings. The number of nitrogens with zero attached hydrogens (tertiary/aromatic N) is 2. The first-order chi connectivity index (χ1) is 14.0. The average Bonchev–Trinajstić information content (AvgIpc) is 3.24. The number of halogens is 3. The third-order valence-corrected chi connectivity index (χ3v) is 5.52. The van der Waals surface area contributed by atoms with E-state index in [0.29, 0.717) is 10.7 Å². The molecule has 0 aliphatic carbocycles. The molecule has 1 aromatic heterocycles. The molecule has 29 heavy (non-hydrogen) atoms. The number of nitrogens with one attached hydrogen (secondary N) is 1. The van der Waals surface area contributed by atoms with E-state index in [1.165, 1.54) is 17.4 Å². The minimum absolute atomic E-state index is 0.228. The quantitative estimate of drug-likeness (QED) is 0.641. The molecule has 2 heterocycles. The number of benzene rings is 2. The van der Waals surface area contributed by atoms with E-state index in [-0.39, 0.29) is 6.54 Å². The number of hydrogen-bond acceptors (Lipinski definition) is 4. The van der Waals surface area contributed by atoms with Crippen LogP contribution >= 0.6 is 22.9 Å². The number of aromatic nitrogens is 1. The Bertz CT molecular complexity index is 1110. The Labute approximate surface area is 174 Å². The lowest BCUT2D eigenvalue weighted by Crippen LogP contribution is -2.38. The van der Waals surface area contributed by atoms with Crippen LogP contribution in [0.15, 0.2) is 65.1 Å². The summed E-state index contributed by atoms with van der Waals surface area (Å²) in [5, 5.41) is 5.90. The summed E-state index contributed by atoms with van der Waals surface area (Å²) in [6.45, 7) is 0.228. The zero-order chi connectivity index (χ0) is 20.4. The van der Waals surface area contributed by atoms with Gasteiger partial charge < -0.3 is 5.32 Å². The maximum Gasteiger partial charge on any atom is 0.257 e. The van der Waals surface area contributed by atoms with E-state index in [9.17, 15) is 13.6 Å². The van der Waals surface area contributed by atoms with Crippen molar-refractivity contribution in [3.63, 3.8) is 0 Å². The van der Waals surface area contributed by atoms with Crippen LogP contribution in [0.2, 0.25) is 5.02 Å². The van der Waals surface area contributed by atoms with Crippen LogP contribution in [0.5, 0.6) is 0 Å². The number of thiazole rings is 1. The molecule has 0 spiro atoms. The van der Waals surface area contributed by atoms with Gasteiger partial charge in [-0.2, -0.15) is 0 Å². The molecule has 2 aromatic carbocycles. The number of rotatable bonds is 4. The van der Waals surface area contributed by atoms with Gasteiger partial charge in [0.05, 0.1) is 18.3 Å². The van der Waals surface area contributed by atoms with E-state index < -0.39 is 29.1 Å². The number of carbonyl (C=O) groups excluding carboxylic acids is 1. The molecule has 0 bridgehead atoms. The average molecular weight is 430 g/mol. The summed E-state index contributed by atoms with van der Waals surface area (Å²) in [6.07, 6.45) is 5.20. The van der Waals surface area contributed by atoms with Crippen LogP contribution in [0.1, 0.15) is 15.9 Å². The van der Waals surface area contributed by atoms with E-state index >= 15 is 0 Å². The lowest BCUT2D eigenvalue weighted by Gasteiger charge is -2.18. The minimum Gasteiger partial charge on any atom is -0.344 e. The van der Waals surface area contributed by atoms with Crippen LogP contribution < -0.4 is 5.32 Å². The fourth-order valence-electron chi connectivity index (χ4n) is 2.96. The molecule has 0 saturated carbocycles. The van der Waals surface area contributed by atoms with E-state index in [2.05, 4.69) is 15.3 Å². The van der Waals surface area contributed by atoms with Gasteiger partial charge in [0.1, 0.15) is 22.2 Å². The van der Waals surface area contributed by atoms with Gasteiger partial charge in [0.15, 0.2) is 0 Å². The lowest BCUT2D eigenvalue weighted by atomic mass is 10.0. The summed E-state index contributed by atoms with van der Waals surface area (Å²) in [6, 6.07) is 8.42. The number of allylic oxidation sites excluding steroid dienone is 1. The first-order valence-corrected chi connectivity index (χ1v) is 9.96. The van der Waals surface area contributed by atoms with Gasteiger partial charge in [0.2, 0.25) is 0 Å². The highest BCUT2D eigenvalue weighted by atomic mass is 35.5. The molecule has 0 fully saturated rings. The van der Waals surface area contributed by atoms with Crippen molar-refractivity contribution in [3.8, 4) is 10.6 Å². The molecule has 1 aliphatic rings. The van der Waals surface area contributed by atoms with Gasteiger partial charge in [-0.15, -0.1) is 11.3 Å². The van der Waals surface area contributed by atoms with Gasteiger partial charge in [0.25, 0.3) is 5.91 Å². The smallest absolute Gasteiger partial charge is 0.257 e. The number of carbonyl (C=O) groups is 1. The van der Waals surface area contributed by atoms with Crippen LogP contribution in [0, 0.1) is 11.6 Å². The monoisotopic (exact) mass is 429 g/mol. The van der Waals surface area contributed by atoms with E-state index in [4.69, 9.17) is 11.6 Å². The van der Waals surface area contributed by atoms with Crippen LogP contribution in [0.25, 0.3) is 10.6 Å². The highest BCUT2D eigenvalue weighted by molar-refractivity contribution is 7.13. The highest BCUT2D eigenvalue weighted by Gasteiger charge is 2.21. The number of hydrogen-bond donors (Lipinski definition) is 1. The van der Waals surface area contributed by atoms with Crippen molar-refractivity contribution >= 4 is 34.6 Å². The Morgan fingerprint density at radius 1 is 1.21 bits per heavy atom. The van der Waals surface area contributed by atoms with E-state index in [1.807, 2.05) is 17.5 Å². The summed E-state index contributed by atoms with van der Waals surface area (Å²) in [5.41, 5.74) is 1.74. The topological polar surface area (TPSA) is 54.4 Å². The van der Waals surface area contributed by atoms with Crippen LogP contribution in [-0.4, -0.2) is 29.2 Å². The van der Waals surface area contributed by atoms with Gasteiger partial charge in [-0.05, 0) is 30.3 Å². The molecule has 1 unspecified atom stereocenters. The van der Waals surface area contributed by atoms with Crippen molar-refractivity contribution in [2.45, 2.75) is 6.04 Å². The Morgan fingerprint density at radius 2 is 2.00 bits per heavy atom. The van der Waals surface area contributed by atoms with Crippen LogP contribution in [-0.2, 0) is 0 Å². The molecule has 1 N–H and O–H groups in total. The minimum atomic E-state index is -0.905. The predicted octanol–water partition coefficient (Wildman–Crippen LogP) is 4.90. The molecule has 4 nitrogen and oxygen atoms in total. The fraction of sp³-hybridized carbons (Fsp3) is 0.0952. The van der Waals surface area contributed by atoms with Crippen molar-refractivity contribution < 1.29 is 13.6 Å². The Balaban J connectivity index is 1.50. The van der Waals surface area contributed by atoms with Gasteiger partial charge in [-0.3, -0.25) is 9.79 Å². The maximum atomic E-state index is 13.8. The zero-order valence-corrected chi connectivity index (χ0v) is 16.5. The summed E-state index contributed by atoms with van der Waals surface area (Å²) >= 11 is 7.87. The molecule has 0 saturated heterocycles. The third-order valence-electron chi connectivity index (χ3n) is 4.37. The van der Waals surface area contributed by atoms with Crippen LogP contribution in [0.3, 0.4) is 0 Å². The second-order valence-corrected chi connectivity index (χ2v) is 7.60. The van der Waals surface area contributed by atoms with Crippen molar-refractivity contribution in [1.82, 2.24) is 10.3 Å². The zero-order valence-electron chi connectivity index (χ0n) is 14.9. The first-order valence-electron chi connectivity index (χ1n) is 8.70. The van der Waals surface area contributed by atoms with Gasteiger partial charge >= 0.3 is 0 Å². The van der Waals surface area contributed by atoms with Crippen molar-refractivity contribution in [2.75, 3.05) is 6.54 Å². The third kappa shape index (κ3) is 4.11. The van der Waals surface area contributed by atoms with E-state index in [1.54, 1.807) is 24.4 Å². The summed E-state index contributed by atoms with van der Waals surface area (Å²) < 4.78 is 27.5. The Hall–Kier alpha value is -2.90. The summed E-state index contributed by atoms with van der Waals surface area (Å²) in [5.74, 6) is -2.63. The number of amides is 1. The standard InChI is InChI=1S/C21H14ClF2N3OS/c22-15-6-4-12(21-25-8-9-29-21)10-14(15)18-7-5-13(11-26-18)27-20(28)19-16(23)2-1-3-17(19)24/h1-10,13H,11H2,(H,27,28). The van der Waals surface area contributed by atoms with Crippen molar-refractivity contribution in [3.05, 3.63) is 87.9 Å². The predicted molar refractivity (Wildman–Crippen MR) is 111 cm³/mol. The van der Waals surface area contributed by atoms with Gasteiger partial charge in [0, 0.05) is 27.7 Å². The maximum absolute atomic E-state index is 13.8. The molecule has 8 heteroatoms. The largest absolute Gasteiger partial charge is 0.344 e. The molecule has 4 rings (SSSR count). The molecule has 146 valence electrons. The highest BCUT2D eigenvalue weighted by Crippen LogP contribution is 2.28. The van der Waals surface area contributed by atoms with Crippen molar-refractivity contribution in [2.24, 2.45) is 4.99 Å². The lowest BCUT2D eigenvalue weighted by molar-refractivity contribution is 0.0937. The fourth-order valence-corrected chi connectivity index (χ4v) is 3.81. The molecule has 1 aliphatic heterocycles. The molecule has 0 radical (unpaired) electrons. The first kappa shape index (κ1) is 19.4. The second-order valence-electron chi connectivity index (χ2n) is 6.29. The number of aliphatic imine (C=N–C) groups is 1. The van der Waals surface area contributed by atoms with E-state index in [0.717, 1.165) is 28.3 Å². The Kier molecular flexibility index (Phi) is 5.51. The molecule has 1 atom stereocenters. The van der Waals surface area contributed by atoms with Crippen molar-refractivity contribution in [1.29, 1.82) is 0 Å². The van der Waals surface area contributed by atoms with Gasteiger partial charge in [-0.1, -0.05) is 29.8 Å². The SMILES string of the molecule is O=C(NC1C=CC(c2cc(-c3nccs3)ccc2Cl)=NC1)c1c(F)cccc1F. The molecular formula is C21H14ClF2N3OS. The second kappa shape index (κ2) is 8.23. The molecular weight excluding hydrogens is 416 g/mol. The Morgan fingerprint density at radius 3 is 2.66 bits per heavy atom. The normalized spacial score (nSPS) is 15.8. The van der Waals surface area contributed by atoms with Gasteiger partial charge in [-0.25, -0.2) is 13.8 Å². The van der Waals surface area contributed by atoms with Crippen LogP contribution in [0.4, 0.5) is 8.78 Å².